The van der Waals surface area contributed by atoms with Crippen molar-refractivity contribution in [2.45, 2.75) is 27.2 Å². The third kappa shape index (κ3) is 2.87. The summed E-state index contributed by atoms with van der Waals surface area (Å²) in [6, 6.07) is 6.33. The Kier molecular flexibility index (Phi) is 4.05. The van der Waals surface area contributed by atoms with E-state index >= 15 is 0 Å². The lowest BCUT2D eigenvalue weighted by atomic mass is 9.96. The largest absolute Gasteiger partial charge is 0.496 e. The van der Waals surface area contributed by atoms with Crippen molar-refractivity contribution < 1.29 is 4.74 Å². The molecule has 0 aliphatic carbocycles. The van der Waals surface area contributed by atoms with Crippen LogP contribution in [0.4, 0.5) is 0 Å². The van der Waals surface area contributed by atoms with E-state index in [0.29, 0.717) is 12.5 Å². The lowest BCUT2D eigenvalue weighted by molar-refractivity contribution is 0.419. The second-order valence-electron chi connectivity index (χ2n) is 5.33. The fourth-order valence-electron chi connectivity index (χ4n) is 2.43. The molecule has 0 bridgehead atoms. The van der Waals surface area contributed by atoms with Crippen molar-refractivity contribution >= 4 is 10.9 Å². The van der Waals surface area contributed by atoms with E-state index in [9.17, 15) is 0 Å². The zero-order valence-electron chi connectivity index (χ0n) is 12.2. The number of nitrogens with two attached hydrogens (primary N) is 1. The van der Waals surface area contributed by atoms with Gasteiger partial charge in [0.25, 0.3) is 0 Å². The summed E-state index contributed by atoms with van der Waals surface area (Å²) in [7, 11) is 1.71. The first-order chi connectivity index (χ1) is 9.05. The molecule has 2 rings (SSSR count). The summed E-state index contributed by atoms with van der Waals surface area (Å²) < 4.78 is 5.48. The van der Waals surface area contributed by atoms with Gasteiger partial charge < -0.3 is 10.5 Å². The summed E-state index contributed by atoms with van der Waals surface area (Å²) in [5.74, 6) is 1.35. The third-order valence-electron chi connectivity index (χ3n) is 3.42. The highest BCUT2D eigenvalue weighted by molar-refractivity contribution is 5.88. The quantitative estimate of drug-likeness (QED) is 0.917. The Balaban J connectivity index is 2.65. The van der Waals surface area contributed by atoms with Gasteiger partial charge >= 0.3 is 0 Å². The van der Waals surface area contributed by atoms with Crippen molar-refractivity contribution in [1.29, 1.82) is 0 Å². The molecule has 1 atom stereocenters. The Hall–Kier alpha value is -1.61. The molecule has 1 heterocycles. The highest BCUT2D eigenvalue weighted by Crippen LogP contribution is 2.29. The number of ether oxygens (including phenoxy) is 1. The predicted molar refractivity (Wildman–Crippen MR) is 79.7 cm³/mol. The Morgan fingerprint density at radius 3 is 2.63 bits per heavy atom. The molecule has 102 valence electrons. The van der Waals surface area contributed by atoms with Gasteiger partial charge in [-0.05, 0) is 49.9 Å². The Morgan fingerprint density at radius 2 is 2.00 bits per heavy atom. The molecule has 2 aromatic rings. The van der Waals surface area contributed by atoms with Crippen molar-refractivity contribution in [2.75, 3.05) is 13.7 Å². The van der Waals surface area contributed by atoms with Gasteiger partial charge in [0.15, 0.2) is 0 Å². The highest BCUT2D eigenvalue weighted by atomic mass is 16.5. The maximum atomic E-state index is 5.74. The lowest BCUT2D eigenvalue weighted by Gasteiger charge is -2.14. The van der Waals surface area contributed by atoms with Crippen LogP contribution in [0, 0.1) is 19.8 Å². The molecule has 0 radical (unpaired) electrons. The van der Waals surface area contributed by atoms with Gasteiger partial charge in [0, 0.05) is 17.1 Å². The smallest absolute Gasteiger partial charge is 0.130 e. The minimum absolute atomic E-state index is 0.457. The van der Waals surface area contributed by atoms with E-state index in [1.54, 1.807) is 7.11 Å². The molecule has 2 N–H and O–H groups in total. The number of hydrogen-bond donors (Lipinski definition) is 1. The maximum absolute atomic E-state index is 5.74. The average Bonchev–Trinajstić information content (AvgIpc) is 2.38. The second-order valence-corrected chi connectivity index (χ2v) is 5.33. The Labute approximate surface area is 114 Å². The number of hydrogen-bond acceptors (Lipinski definition) is 3. The van der Waals surface area contributed by atoms with Crippen LogP contribution in [0.15, 0.2) is 18.2 Å². The number of fused-ring (bicyclic) bond motifs is 1. The number of nitrogens with zero attached hydrogens (tertiary/aromatic N) is 1. The van der Waals surface area contributed by atoms with Gasteiger partial charge in [0.05, 0.1) is 12.6 Å². The molecule has 0 fully saturated rings. The Morgan fingerprint density at radius 1 is 1.26 bits per heavy atom. The van der Waals surface area contributed by atoms with Crippen molar-refractivity contribution in [3.8, 4) is 5.75 Å². The first kappa shape index (κ1) is 13.8. The molecule has 1 aromatic carbocycles. The normalized spacial score (nSPS) is 12.7. The van der Waals surface area contributed by atoms with Crippen molar-refractivity contribution in [3.05, 3.63) is 35.0 Å². The van der Waals surface area contributed by atoms with E-state index in [-0.39, 0.29) is 0 Å². The monoisotopic (exact) mass is 258 g/mol. The summed E-state index contributed by atoms with van der Waals surface area (Å²) in [6.45, 7) is 6.97. The first-order valence-corrected chi connectivity index (χ1v) is 6.70. The summed E-state index contributed by atoms with van der Waals surface area (Å²) in [5, 5.41) is 1.09. The third-order valence-corrected chi connectivity index (χ3v) is 3.42. The van der Waals surface area contributed by atoms with E-state index < -0.39 is 0 Å². The van der Waals surface area contributed by atoms with Crippen LogP contribution < -0.4 is 10.5 Å². The predicted octanol–water partition coefficient (Wildman–Crippen LogP) is 3.00. The zero-order chi connectivity index (χ0) is 14.0. The van der Waals surface area contributed by atoms with Gasteiger partial charge in [-0.15, -0.1) is 0 Å². The minimum atomic E-state index is 0.457. The average molecular weight is 258 g/mol. The number of benzene rings is 1. The maximum Gasteiger partial charge on any atom is 0.130 e. The summed E-state index contributed by atoms with van der Waals surface area (Å²) in [5.41, 5.74) is 10.3. The molecule has 0 aliphatic rings. The van der Waals surface area contributed by atoms with Gasteiger partial charge in [0.1, 0.15) is 5.75 Å². The van der Waals surface area contributed by atoms with Gasteiger partial charge in [-0.25, -0.2) is 0 Å². The summed E-state index contributed by atoms with van der Waals surface area (Å²) in [4.78, 5) is 4.69. The van der Waals surface area contributed by atoms with Crippen LogP contribution in [0.5, 0.6) is 5.75 Å². The van der Waals surface area contributed by atoms with Crippen molar-refractivity contribution in [3.63, 3.8) is 0 Å². The Bertz CT molecular complexity index is 593. The van der Waals surface area contributed by atoms with Gasteiger partial charge in [-0.1, -0.05) is 13.0 Å². The summed E-state index contributed by atoms with van der Waals surface area (Å²) in [6.07, 6.45) is 0.953. The van der Waals surface area contributed by atoms with Crippen LogP contribution in [0.3, 0.4) is 0 Å². The van der Waals surface area contributed by atoms with E-state index in [2.05, 4.69) is 26.0 Å². The molecular weight excluding hydrogens is 236 g/mol. The molecule has 19 heavy (non-hydrogen) atoms. The molecule has 0 saturated heterocycles. The highest BCUT2D eigenvalue weighted by Gasteiger charge is 2.12. The fourth-order valence-corrected chi connectivity index (χ4v) is 2.43. The topological polar surface area (TPSA) is 48.1 Å². The standard InChI is InChI=1S/C16H22N2O/c1-10-5-13(6-11(2)9-17)16-14(7-10)15(19-4)8-12(3)18-16/h5,7-8,11H,6,9,17H2,1-4H3. The molecular formula is C16H22N2O. The van der Waals surface area contributed by atoms with E-state index in [4.69, 9.17) is 15.5 Å². The second kappa shape index (κ2) is 5.57. The molecule has 3 heteroatoms. The van der Waals surface area contributed by atoms with E-state index in [0.717, 1.165) is 28.8 Å². The van der Waals surface area contributed by atoms with Crippen LogP contribution >= 0.6 is 0 Å². The van der Waals surface area contributed by atoms with Crippen LogP contribution in [-0.4, -0.2) is 18.6 Å². The number of pyridine rings is 1. The van der Waals surface area contributed by atoms with Crippen molar-refractivity contribution in [2.24, 2.45) is 11.7 Å². The van der Waals surface area contributed by atoms with Crippen LogP contribution in [0.1, 0.15) is 23.7 Å². The van der Waals surface area contributed by atoms with E-state index in [1.807, 2.05) is 13.0 Å². The van der Waals surface area contributed by atoms with Crippen LogP contribution in [0.25, 0.3) is 10.9 Å². The number of aromatic nitrogens is 1. The molecule has 0 saturated carbocycles. The summed E-state index contributed by atoms with van der Waals surface area (Å²) >= 11 is 0. The van der Waals surface area contributed by atoms with Gasteiger partial charge in [-0.2, -0.15) is 0 Å². The van der Waals surface area contributed by atoms with E-state index in [1.165, 1.54) is 11.1 Å². The fraction of sp³-hybridized carbons (Fsp3) is 0.438. The number of methoxy groups -OCH3 is 1. The SMILES string of the molecule is COc1cc(C)nc2c(CC(C)CN)cc(C)cc12. The molecule has 0 aliphatic heterocycles. The van der Waals surface area contributed by atoms with Crippen LogP contribution in [-0.2, 0) is 6.42 Å². The minimum Gasteiger partial charge on any atom is -0.496 e. The van der Waals surface area contributed by atoms with Crippen molar-refractivity contribution in [1.82, 2.24) is 4.98 Å². The molecule has 0 amide bonds. The zero-order valence-corrected chi connectivity index (χ0v) is 12.2. The first-order valence-electron chi connectivity index (χ1n) is 6.70. The lowest BCUT2D eigenvalue weighted by Crippen LogP contribution is -2.13. The molecule has 1 aromatic heterocycles. The van der Waals surface area contributed by atoms with Gasteiger partial charge in [-0.3, -0.25) is 4.98 Å². The van der Waals surface area contributed by atoms with Crippen LogP contribution in [0.2, 0.25) is 0 Å². The van der Waals surface area contributed by atoms with Gasteiger partial charge in [0.2, 0.25) is 0 Å². The number of aryl methyl sites for hydroxylation is 2. The molecule has 0 spiro atoms. The molecule has 1 unspecified atom stereocenters. The number of rotatable bonds is 4. The molecule has 3 nitrogen and oxygen atoms in total.